The zero-order valence-electron chi connectivity index (χ0n) is 28.5. The van der Waals surface area contributed by atoms with Crippen LogP contribution in [0.4, 0.5) is 24.5 Å². The molecule has 2 heterocycles. The monoisotopic (exact) mass is 771 g/mol. The standard InChI is InChI=1S/C35H42ClF3N4O6S2/c1-3-40-29-15-13-27(35(37,38)39)23-31(29)42(19-7-21-50(44,45)46)33(40)17-11-26(25-9-5-6-10-25)12-18-34-41(4-2)30-16-14-28(36)24-32(30)43(34)20-8-22-51(47,48)49/h11-18,23-25H,3-10,19-22H2,1-2H3,(H-,44,45,46,47,48,49)/p+1. The van der Waals surface area contributed by atoms with E-state index in [1.54, 1.807) is 10.6 Å². The molecule has 0 amide bonds. The molecule has 51 heavy (non-hydrogen) atoms. The van der Waals surface area contributed by atoms with Crippen molar-refractivity contribution < 1.29 is 43.7 Å². The molecular weight excluding hydrogens is 729 g/mol. The highest BCUT2D eigenvalue weighted by atomic mass is 35.5. The van der Waals surface area contributed by atoms with E-state index in [1.807, 2.05) is 59.8 Å². The van der Waals surface area contributed by atoms with E-state index in [0.717, 1.165) is 60.6 Å². The van der Waals surface area contributed by atoms with Crippen LogP contribution in [0.5, 0.6) is 0 Å². The molecule has 2 aromatic carbocycles. The Labute approximate surface area is 302 Å². The second kappa shape index (κ2) is 15.7. The number of rotatable bonds is 14. The molecule has 1 fully saturated rings. The van der Waals surface area contributed by atoms with Crippen LogP contribution in [0.15, 0.2) is 66.0 Å². The van der Waals surface area contributed by atoms with Gasteiger partial charge in [-0.15, -0.1) is 0 Å². The number of anilines is 2. The van der Waals surface area contributed by atoms with Crippen molar-refractivity contribution in [3.8, 4) is 0 Å². The number of hydrogen-bond acceptors (Lipinski definition) is 6. The van der Waals surface area contributed by atoms with Crippen LogP contribution in [0.1, 0.15) is 63.8 Å². The number of nitrogens with zero attached hydrogens (tertiary/aromatic N) is 4. The highest BCUT2D eigenvalue weighted by Crippen LogP contribution is 2.43. The Morgan fingerprint density at radius 3 is 2.22 bits per heavy atom. The van der Waals surface area contributed by atoms with Crippen LogP contribution in [0.3, 0.4) is 0 Å². The molecule has 0 radical (unpaired) electrons. The van der Waals surface area contributed by atoms with Gasteiger partial charge in [-0.1, -0.05) is 36.6 Å². The first kappa shape index (κ1) is 38.9. The Kier molecular flexibility index (Phi) is 12.0. The number of alkyl halides is 3. The number of imidazole rings is 1. The minimum absolute atomic E-state index is 0.00826. The minimum atomic E-state index is -4.57. The van der Waals surface area contributed by atoms with Crippen molar-refractivity contribution in [2.75, 3.05) is 34.4 Å². The van der Waals surface area contributed by atoms with Gasteiger partial charge in [0.15, 0.2) is 11.0 Å². The molecule has 2 aliphatic rings. The van der Waals surface area contributed by atoms with E-state index in [2.05, 4.69) is 4.90 Å². The van der Waals surface area contributed by atoms with Crippen LogP contribution < -0.4 is 14.4 Å². The largest absolute Gasteiger partial charge is 0.416 e. The van der Waals surface area contributed by atoms with Crippen LogP contribution in [0, 0.1) is 5.92 Å². The van der Waals surface area contributed by atoms with Crippen LogP contribution in [-0.2, 0) is 39.5 Å². The lowest BCUT2D eigenvalue weighted by Gasteiger charge is -2.24. The van der Waals surface area contributed by atoms with E-state index in [-0.39, 0.29) is 25.3 Å². The maximum absolute atomic E-state index is 13.8. The first-order chi connectivity index (χ1) is 24.0. The third kappa shape index (κ3) is 9.36. The van der Waals surface area contributed by atoms with Crippen LogP contribution >= 0.6 is 11.6 Å². The fourth-order valence-corrected chi connectivity index (χ4v) is 8.26. The lowest BCUT2D eigenvalue weighted by atomic mass is 9.96. The Bertz CT molecular complexity index is 2070. The third-order valence-electron chi connectivity index (χ3n) is 9.39. The molecule has 0 saturated heterocycles. The van der Waals surface area contributed by atoms with Gasteiger partial charge >= 0.3 is 6.18 Å². The quantitative estimate of drug-likeness (QED) is 0.0982. The second-order valence-electron chi connectivity index (χ2n) is 12.8. The van der Waals surface area contributed by atoms with Gasteiger partial charge in [0.25, 0.3) is 26.1 Å². The van der Waals surface area contributed by atoms with Crippen LogP contribution in [0.2, 0.25) is 5.02 Å². The van der Waals surface area contributed by atoms with Gasteiger partial charge in [-0.3, -0.25) is 9.11 Å². The summed E-state index contributed by atoms with van der Waals surface area (Å²) >= 11 is 6.38. The summed E-state index contributed by atoms with van der Waals surface area (Å²) in [7, 11) is -8.44. The predicted molar refractivity (Wildman–Crippen MR) is 194 cm³/mol. The molecule has 0 atom stereocenters. The van der Waals surface area contributed by atoms with E-state index < -0.39 is 43.5 Å². The van der Waals surface area contributed by atoms with Crippen molar-refractivity contribution in [3.05, 3.63) is 82.4 Å². The normalized spacial score (nSPS) is 17.2. The molecule has 0 bridgehead atoms. The lowest BCUT2D eigenvalue weighted by molar-refractivity contribution is -0.670. The van der Waals surface area contributed by atoms with E-state index in [1.165, 1.54) is 6.07 Å². The maximum Gasteiger partial charge on any atom is 0.416 e. The molecule has 0 unspecified atom stereocenters. The van der Waals surface area contributed by atoms with Gasteiger partial charge in [0.05, 0.1) is 41.5 Å². The average Bonchev–Trinajstić information content (AvgIpc) is 3.75. The average molecular weight is 772 g/mol. The zero-order chi connectivity index (χ0) is 37.1. The van der Waals surface area contributed by atoms with Crippen molar-refractivity contribution in [2.45, 2.75) is 71.6 Å². The number of aryl methyl sites for hydroxylation is 2. The summed E-state index contributed by atoms with van der Waals surface area (Å²) in [5, 5.41) is 0.523. The van der Waals surface area contributed by atoms with Gasteiger partial charge < -0.3 is 9.80 Å². The Hall–Kier alpha value is -3.37. The van der Waals surface area contributed by atoms with Gasteiger partial charge in [-0.25, -0.2) is 9.13 Å². The summed E-state index contributed by atoms with van der Waals surface area (Å²) in [5.41, 5.74) is 2.76. The molecule has 2 N–H and O–H groups in total. The highest BCUT2D eigenvalue weighted by molar-refractivity contribution is 7.86. The van der Waals surface area contributed by atoms with Crippen molar-refractivity contribution in [1.29, 1.82) is 0 Å². The molecule has 10 nitrogen and oxygen atoms in total. The SMILES string of the molecule is CCN1\C(=C/C=C(/C=C/c2n(CCCS(=O)(=O)O)c3cc(C(F)(F)F)ccc3[n+]2CC)C2CCCC2)N(CCCS(=O)(=O)O)c2cc(Cl)ccc21. The number of hydrogen-bond donors (Lipinski definition) is 2. The molecular formula is C35H43ClF3N4O6S2+. The lowest BCUT2D eigenvalue weighted by Crippen LogP contribution is -2.35. The Morgan fingerprint density at radius 2 is 1.61 bits per heavy atom. The molecule has 3 aromatic rings. The smallest absolute Gasteiger partial charge is 0.326 e. The molecule has 1 aromatic heterocycles. The van der Waals surface area contributed by atoms with E-state index in [0.29, 0.717) is 41.5 Å². The molecule has 1 saturated carbocycles. The topological polar surface area (TPSA) is 124 Å². The number of aromatic nitrogens is 2. The predicted octanol–water partition coefficient (Wildman–Crippen LogP) is 7.49. The third-order valence-corrected chi connectivity index (χ3v) is 11.2. The van der Waals surface area contributed by atoms with Crippen molar-refractivity contribution in [3.63, 3.8) is 0 Å². The summed E-state index contributed by atoms with van der Waals surface area (Å²) in [6.07, 6.45) is 7.41. The van der Waals surface area contributed by atoms with Gasteiger partial charge in [-0.2, -0.15) is 30.0 Å². The summed E-state index contributed by atoms with van der Waals surface area (Å²) in [5.74, 6) is 0.665. The molecule has 1 aliphatic carbocycles. The fourth-order valence-electron chi connectivity index (χ4n) is 7.10. The van der Waals surface area contributed by atoms with E-state index >= 15 is 0 Å². The van der Waals surface area contributed by atoms with E-state index in [4.69, 9.17) is 11.6 Å². The number of fused-ring (bicyclic) bond motifs is 2. The molecule has 5 rings (SSSR count). The Morgan fingerprint density at radius 1 is 0.941 bits per heavy atom. The number of halogens is 4. The first-order valence-corrected chi connectivity index (χ1v) is 20.6. The minimum Gasteiger partial charge on any atom is -0.326 e. The summed E-state index contributed by atoms with van der Waals surface area (Å²) in [4.78, 5) is 4.08. The molecule has 1 aliphatic heterocycles. The van der Waals surface area contributed by atoms with Crippen LogP contribution in [-0.4, -0.2) is 55.1 Å². The summed E-state index contributed by atoms with van der Waals surface area (Å²) in [6, 6.07) is 9.06. The van der Waals surface area contributed by atoms with Gasteiger partial charge in [0.1, 0.15) is 5.82 Å². The number of benzene rings is 2. The second-order valence-corrected chi connectivity index (χ2v) is 16.4. The molecule has 278 valence electrons. The van der Waals surface area contributed by atoms with Gasteiger partial charge in [-0.05, 0) is 81.0 Å². The Balaban J connectivity index is 1.60. The van der Waals surface area contributed by atoms with Gasteiger partial charge in [0, 0.05) is 36.7 Å². The van der Waals surface area contributed by atoms with Gasteiger partial charge in [0.2, 0.25) is 0 Å². The summed E-state index contributed by atoms with van der Waals surface area (Å²) in [6.45, 7) is 5.29. The fraction of sp³-hybridized carbons (Fsp3) is 0.457. The first-order valence-electron chi connectivity index (χ1n) is 17.0. The molecule has 0 spiro atoms. The zero-order valence-corrected chi connectivity index (χ0v) is 30.9. The van der Waals surface area contributed by atoms with Crippen LogP contribution in [0.25, 0.3) is 17.1 Å². The molecule has 16 heteroatoms. The van der Waals surface area contributed by atoms with E-state index in [9.17, 15) is 39.1 Å². The summed E-state index contributed by atoms with van der Waals surface area (Å²) < 4.78 is 110. The number of allylic oxidation sites excluding steroid dienone is 4. The van der Waals surface area contributed by atoms with Crippen molar-refractivity contribution in [2.24, 2.45) is 5.92 Å². The highest BCUT2D eigenvalue weighted by Gasteiger charge is 2.34. The van der Waals surface area contributed by atoms with Crippen molar-refractivity contribution in [1.82, 2.24) is 4.57 Å². The van der Waals surface area contributed by atoms with Crippen molar-refractivity contribution >= 4 is 60.3 Å². The maximum atomic E-state index is 13.8.